The molecule has 1 N–H and O–H groups in total. The molecule has 0 aliphatic carbocycles. The number of halogens is 2. The Morgan fingerprint density at radius 3 is 2.61 bits per heavy atom. The second-order valence-electron chi connectivity index (χ2n) is 3.57. The van der Waals surface area contributed by atoms with Gasteiger partial charge in [0.05, 0.1) is 20.6 Å². The molecule has 10 heteroatoms. The van der Waals surface area contributed by atoms with Gasteiger partial charge in [0.2, 0.25) is 0 Å². The summed E-state index contributed by atoms with van der Waals surface area (Å²) in [7, 11) is -7.05. The summed E-state index contributed by atoms with van der Waals surface area (Å²) in [6.07, 6.45) is 1.32. The van der Waals surface area contributed by atoms with Crippen LogP contribution < -0.4 is 4.72 Å². The van der Waals surface area contributed by atoms with Crippen LogP contribution in [0.1, 0.15) is 0 Å². The maximum Gasteiger partial charge on any atom is 0.250 e. The summed E-state index contributed by atoms with van der Waals surface area (Å²) >= 11 is 9.85. The molecule has 1 unspecified atom stereocenters. The van der Waals surface area contributed by atoms with E-state index in [0.717, 1.165) is 16.7 Å². The molecule has 0 saturated carbocycles. The molecule has 0 saturated heterocycles. The third-order valence-electron chi connectivity index (χ3n) is 2.12. The van der Waals surface area contributed by atoms with Crippen LogP contribution >= 0.6 is 38.9 Å². The second kappa shape index (κ2) is 4.88. The van der Waals surface area contributed by atoms with Gasteiger partial charge in [-0.05, 0) is 22.0 Å². The highest BCUT2D eigenvalue weighted by Gasteiger charge is 2.28. The van der Waals surface area contributed by atoms with Gasteiger partial charge < -0.3 is 0 Å². The Kier molecular flexibility index (Phi) is 3.92. The van der Waals surface area contributed by atoms with Crippen LogP contribution in [0.2, 0.25) is 5.02 Å². The fraction of sp³-hybridized carbons (Fsp3) is 0.250. The van der Waals surface area contributed by atoms with Crippen LogP contribution in [0, 0.1) is 0 Å². The van der Waals surface area contributed by atoms with Crippen molar-refractivity contribution in [1.82, 2.24) is 4.72 Å². The number of sulfone groups is 1. The predicted octanol–water partition coefficient (Wildman–Crippen LogP) is 1.75. The smallest absolute Gasteiger partial charge is 0.224 e. The lowest BCUT2D eigenvalue weighted by molar-refractivity contribution is 0.577. The van der Waals surface area contributed by atoms with Gasteiger partial charge >= 0.3 is 0 Å². The fourth-order valence-electron chi connectivity index (χ4n) is 1.37. The van der Waals surface area contributed by atoms with Crippen molar-refractivity contribution < 1.29 is 16.8 Å². The Hall–Kier alpha value is 0.0700. The summed E-state index contributed by atoms with van der Waals surface area (Å²) < 4.78 is 49.1. The van der Waals surface area contributed by atoms with E-state index in [2.05, 4.69) is 20.7 Å². The van der Waals surface area contributed by atoms with Crippen molar-refractivity contribution in [1.29, 1.82) is 0 Å². The SMILES string of the molecule is O=S1(=O)C=CC(NS(=O)(=O)c2cc(Cl)c(Br)s2)C1. The lowest BCUT2D eigenvalue weighted by Gasteiger charge is -2.08. The van der Waals surface area contributed by atoms with Crippen molar-refractivity contribution in [3.63, 3.8) is 0 Å². The standard InChI is InChI=1S/C8H7BrClNO4S3/c9-8-6(10)3-7(16-8)18(14,15)11-5-1-2-17(12,13)4-5/h1-3,5,11H,4H2. The largest absolute Gasteiger partial charge is 0.250 e. The molecule has 0 fully saturated rings. The van der Waals surface area contributed by atoms with E-state index >= 15 is 0 Å². The third kappa shape index (κ3) is 3.14. The Morgan fingerprint density at radius 1 is 1.50 bits per heavy atom. The summed E-state index contributed by atoms with van der Waals surface area (Å²) in [6, 6.07) is 0.575. The molecule has 0 bridgehead atoms. The van der Waals surface area contributed by atoms with Gasteiger partial charge in [-0.1, -0.05) is 17.7 Å². The normalized spacial score (nSPS) is 22.4. The summed E-state index contributed by atoms with van der Waals surface area (Å²) in [5.74, 6) is -0.257. The number of nitrogens with one attached hydrogen (secondary N) is 1. The summed E-state index contributed by atoms with van der Waals surface area (Å²) in [5.41, 5.74) is 0. The van der Waals surface area contributed by atoms with Crippen molar-refractivity contribution >= 4 is 58.7 Å². The van der Waals surface area contributed by atoms with Crippen LogP contribution in [-0.2, 0) is 19.9 Å². The molecule has 1 aliphatic heterocycles. The minimum Gasteiger partial charge on any atom is -0.224 e. The zero-order chi connectivity index (χ0) is 13.6. The molecular formula is C8H7BrClNO4S3. The van der Waals surface area contributed by atoms with Gasteiger partial charge in [-0.2, -0.15) is 0 Å². The lowest BCUT2D eigenvalue weighted by Crippen LogP contribution is -2.35. The van der Waals surface area contributed by atoms with E-state index in [0.29, 0.717) is 8.81 Å². The van der Waals surface area contributed by atoms with E-state index in [4.69, 9.17) is 11.6 Å². The molecule has 2 rings (SSSR count). The highest BCUT2D eigenvalue weighted by molar-refractivity contribution is 9.11. The van der Waals surface area contributed by atoms with E-state index in [1.165, 1.54) is 12.1 Å². The first-order chi connectivity index (χ1) is 8.20. The number of sulfonamides is 1. The van der Waals surface area contributed by atoms with Gasteiger partial charge in [0.25, 0.3) is 10.0 Å². The molecule has 0 radical (unpaired) electrons. The fourth-order valence-corrected chi connectivity index (χ4v) is 6.31. The first-order valence-corrected chi connectivity index (χ1v) is 9.76. The lowest BCUT2D eigenvalue weighted by atomic mass is 10.4. The first-order valence-electron chi connectivity index (χ1n) is 4.58. The Labute approximate surface area is 122 Å². The van der Waals surface area contributed by atoms with Crippen LogP contribution in [0.3, 0.4) is 0 Å². The molecule has 1 aromatic rings. The molecule has 1 aliphatic rings. The summed E-state index contributed by atoms with van der Waals surface area (Å²) in [5, 5.41) is 1.31. The van der Waals surface area contributed by atoms with E-state index in [1.54, 1.807) is 0 Å². The van der Waals surface area contributed by atoms with Crippen LogP contribution in [0.4, 0.5) is 0 Å². The molecule has 2 heterocycles. The van der Waals surface area contributed by atoms with Gasteiger partial charge in [0, 0.05) is 5.41 Å². The summed E-state index contributed by atoms with van der Waals surface area (Å²) in [6.45, 7) is 0. The number of hydrogen-bond acceptors (Lipinski definition) is 5. The van der Waals surface area contributed by atoms with Crippen molar-refractivity contribution in [2.45, 2.75) is 10.3 Å². The first kappa shape index (κ1) is 14.5. The summed E-state index contributed by atoms with van der Waals surface area (Å²) in [4.78, 5) is 0. The molecule has 0 aromatic carbocycles. The predicted molar refractivity (Wildman–Crippen MR) is 74.1 cm³/mol. The molecule has 1 atom stereocenters. The number of hydrogen-bond donors (Lipinski definition) is 1. The molecule has 1 aromatic heterocycles. The monoisotopic (exact) mass is 391 g/mol. The molecule has 18 heavy (non-hydrogen) atoms. The van der Waals surface area contributed by atoms with Crippen LogP contribution in [0.25, 0.3) is 0 Å². The van der Waals surface area contributed by atoms with Gasteiger partial charge in [-0.25, -0.2) is 21.6 Å². The third-order valence-corrected chi connectivity index (χ3v) is 7.96. The molecule has 0 amide bonds. The minimum absolute atomic E-state index is 0.0390. The molecule has 5 nitrogen and oxygen atoms in total. The highest BCUT2D eigenvalue weighted by Crippen LogP contribution is 2.34. The van der Waals surface area contributed by atoms with Gasteiger partial charge in [-0.15, -0.1) is 11.3 Å². The Morgan fingerprint density at radius 2 is 2.17 bits per heavy atom. The van der Waals surface area contributed by atoms with Crippen molar-refractivity contribution in [2.24, 2.45) is 0 Å². The van der Waals surface area contributed by atoms with Crippen LogP contribution in [0.15, 0.2) is 25.5 Å². The van der Waals surface area contributed by atoms with Crippen molar-refractivity contribution in [3.8, 4) is 0 Å². The average molecular weight is 393 g/mol. The Bertz CT molecular complexity index is 687. The zero-order valence-electron chi connectivity index (χ0n) is 8.63. The molecular weight excluding hydrogens is 386 g/mol. The van der Waals surface area contributed by atoms with E-state index < -0.39 is 25.9 Å². The van der Waals surface area contributed by atoms with E-state index in [9.17, 15) is 16.8 Å². The van der Waals surface area contributed by atoms with Gasteiger partial charge in [0.15, 0.2) is 9.84 Å². The molecule has 0 spiro atoms. The topological polar surface area (TPSA) is 80.3 Å². The van der Waals surface area contributed by atoms with Crippen molar-refractivity contribution in [3.05, 3.63) is 26.4 Å². The van der Waals surface area contributed by atoms with E-state index in [1.807, 2.05) is 0 Å². The van der Waals surface area contributed by atoms with Crippen LogP contribution in [-0.4, -0.2) is 28.6 Å². The van der Waals surface area contributed by atoms with Crippen molar-refractivity contribution in [2.75, 3.05) is 5.75 Å². The maximum absolute atomic E-state index is 12.0. The van der Waals surface area contributed by atoms with Crippen LogP contribution in [0.5, 0.6) is 0 Å². The quantitative estimate of drug-likeness (QED) is 0.850. The Balaban J connectivity index is 2.21. The number of rotatable bonds is 3. The minimum atomic E-state index is -3.76. The highest BCUT2D eigenvalue weighted by atomic mass is 79.9. The maximum atomic E-state index is 12.0. The average Bonchev–Trinajstić information content (AvgIpc) is 2.71. The van der Waals surface area contributed by atoms with E-state index in [-0.39, 0.29) is 9.96 Å². The van der Waals surface area contributed by atoms with Gasteiger partial charge in [-0.3, -0.25) is 0 Å². The molecule has 100 valence electrons. The number of thiophene rings is 1. The van der Waals surface area contributed by atoms with Gasteiger partial charge in [0.1, 0.15) is 4.21 Å². The zero-order valence-corrected chi connectivity index (χ0v) is 13.4. The second-order valence-corrected chi connectivity index (χ2v) is 10.2.